The minimum Gasteiger partial charge on any atom is -0.385 e. The molecule has 1 rings (SSSR count). The second-order valence-electron chi connectivity index (χ2n) is 4.12. The topological polar surface area (TPSA) is 27.1 Å². The molecule has 0 N–H and O–H groups in total. The summed E-state index contributed by atoms with van der Waals surface area (Å²) in [4.78, 5) is 0. The zero-order valence-electron chi connectivity index (χ0n) is 10.6. The molecule has 0 bridgehead atoms. The van der Waals surface area contributed by atoms with Crippen molar-refractivity contribution in [2.45, 2.75) is 45.5 Å². The van der Waals surface area contributed by atoms with Crippen molar-refractivity contribution >= 4 is 11.6 Å². The second-order valence-corrected chi connectivity index (χ2v) is 4.78. The van der Waals surface area contributed by atoms with E-state index in [2.05, 4.69) is 16.7 Å². The standard InChI is InChI=1S/C12H21ClN2O/c1-9(13)12-10(2)14-15(11(12)3)7-5-6-8-16-4/h9H,5-8H2,1-4H3. The quantitative estimate of drug-likeness (QED) is 0.568. The Morgan fingerprint density at radius 3 is 2.56 bits per heavy atom. The molecule has 0 saturated heterocycles. The Hall–Kier alpha value is -0.540. The van der Waals surface area contributed by atoms with E-state index in [9.17, 15) is 0 Å². The van der Waals surface area contributed by atoms with Crippen LogP contribution in [0.1, 0.15) is 42.1 Å². The molecular formula is C12H21ClN2O. The molecule has 1 atom stereocenters. The van der Waals surface area contributed by atoms with Crippen LogP contribution >= 0.6 is 11.6 Å². The van der Waals surface area contributed by atoms with Crippen molar-refractivity contribution in [3.8, 4) is 0 Å². The summed E-state index contributed by atoms with van der Waals surface area (Å²) < 4.78 is 7.08. The minimum absolute atomic E-state index is 0.0349. The number of ether oxygens (including phenoxy) is 1. The molecule has 1 heterocycles. The van der Waals surface area contributed by atoms with Crippen LogP contribution in [0.4, 0.5) is 0 Å². The Balaban J connectivity index is 2.64. The van der Waals surface area contributed by atoms with Gasteiger partial charge < -0.3 is 4.74 Å². The lowest BCUT2D eigenvalue weighted by atomic mass is 10.1. The van der Waals surface area contributed by atoms with E-state index in [1.165, 1.54) is 11.3 Å². The van der Waals surface area contributed by atoms with Gasteiger partial charge in [-0.2, -0.15) is 5.10 Å². The second kappa shape index (κ2) is 6.26. The van der Waals surface area contributed by atoms with E-state index in [4.69, 9.17) is 16.3 Å². The number of nitrogens with zero attached hydrogens (tertiary/aromatic N) is 2. The molecule has 3 nitrogen and oxygen atoms in total. The number of hydrogen-bond acceptors (Lipinski definition) is 2. The highest BCUT2D eigenvalue weighted by atomic mass is 35.5. The lowest BCUT2D eigenvalue weighted by Crippen LogP contribution is -2.04. The molecule has 1 aromatic heterocycles. The van der Waals surface area contributed by atoms with Gasteiger partial charge in [0.2, 0.25) is 0 Å². The van der Waals surface area contributed by atoms with Gasteiger partial charge in [-0.05, 0) is 33.6 Å². The highest BCUT2D eigenvalue weighted by Crippen LogP contribution is 2.26. The first-order chi connectivity index (χ1) is 7.57. The average molecular weight is 245 g/mol. The van der Waals surface area contributed by atoms with Crippen LogP contribution in [0.3, 0.4) is 0 Å². The summed E-state index contributed by atoms with van der Waals surface area (Å²) in [6, 6.07) is 0. The number of aromatic nitrogens is 2. The monoisotopic (exact) mass is 244 g/mol. The Bertz CT molecular complexity index is 334. The Kier molecular flexibility index (Phi) is 5.29. The fraction of sp³-hybridized carbons (Fsp3) is 0.750. The van der Waals surface area contributed by atoms with Gasteiger partial charge in [-0.1, -0.05) is 0 Å². The van der Waals surface area contributed by atoms with Crippen LogP contribution in [-0.2, 0) is 11.3 Å². The first-order valence-electron chi connectivity index (χ1n) is 5.74. The normalized spacial score (nSPS) is 13.1. The van der Waals surface area contributed by atoms with Gasteiger partial charge in [0.25, 0.3) is 0 Å². The van der Waals surface area contributed by atoms with E-state index < -0.39 is 0 Å². The molecular weight excluding hydrogens is 224 g/mol. The van der Waals surface area contributed by atoms with Crippen LogP contribution < -0.4 is 0 Å². The Labute approximate surface area is 103 Å². The molecule has 0 aliphatic heterocycles. The van der Waals surface area contributed by atoms with E-state index in [1.807, 2.05) is 13.8 Å². The molecule has 0 fully saturated rings. The van der Waals surface area contributed by atoms with E-state index in [-0.39, 0.29) is 5.38 Å². The van der Waals surface area contributed by atoms with Crippen LogP contribution in [0.5, 0.6) is 0 Å². The summed E-state index contributed by atoms with van der Waals surface area (Å²) in [6.07, 6.45) is 2.16. The third-order valence-corrected chi connectivity index (χ3v) is 3.02. The maximum absolute atomic E-state index is 6.14. The van der Waals surface area contributed by atoms with Gasteiger partial charge in [-0.25, -0.2) is 0 Å². The smallest absolute Gasteiger partial charge is 0.0643 e. The molecule has 1 aromatic rings. The molecule has 92 valence electrons. The lowest BCUT2D eigenvalue weighted by molar-refractivity contribution is 0.191. The highest BCUT2D eigenvalue weighted by Gasteiger charge is 2.15. The molecule has 4 heteroatoms. The minimum atomic E-state index is 0.0349. The van der Waals surface area contributed by atoms with Crippen LogP contribution in [0, 0.1) is 13.8 Å². The van der Waals surface area contributed by atoms with E-state index >= 15 is 0 Å². The van der Waals surface area contributed by atoms with E-state index in [0.29, 0.717) is 0 Å². The molecule has 0 radical (unpaired) electrons. The largest absolute Gasteiger partial charge is 0.385 e. The molecule has 16 heavy (non-hydrogen) atoms. The molecule has 0 aliphatic rings. The first-order valence-corrected chi connectivity index (χ1v) is 6.18. The molecule has 0 spiro atoms. The van der Waals surface area contributed by atoms with Crippen LogP contribution in [0.25, 0.3) is 0 Å². The molecule has 0 aromatic carbocycles. The van der Waals surface area contributed by atoms with Gasteiger partial charge in [0, 0.05) is 31.5 Å². The summed E-state index contributed by atoms with van der Waals surface area (Å²) in [5.74, 6) is 0. The SMILES string of the molecule is COCCCCn1nc(C)c(C(C)Cl)c1C. The van der Waals surface area contributed by atoms with Crippen molar-refractivity contribution in [3.63, 3.8) is 0 Å². The van der Waals surface area contributed by atoms with Gasteiger partial charge in [0.05, 0.1) is 11.1 Å². The van der Waals surface area contributed by atoms with Gasteiger partial charge >= 0.3 is 0 Å². The third kappa shape index (κ3) is 3.22. The van der Waals surface area contributed by atoms with Crippen molar-refractivity contribution in [1.29, 1.82) is 0 Å². The van der Waals surface area contributed by atoms with Gasteiger partial charge in [-0.3, -0.25) is 4.68 Å². The predicted molar refractivity (Wildman–Crippen MR) is 67.1 cm³/mol. The number of methoxy groups -OCH3 is 1. The molecule has 0 saturated carbocycles. The third-order valence-electron chi connectivity index (χ3n) is 2.80. The summed E-state index contributed by atoms with van der Waals surface area (Å²) >= 11 is 6.14. The van der Waals surface area contributed by atoms with Crippen molar-refractivity contribution in [2.75, 3.05) is 13.7 Å². The predicted octanol–water partition coefficient (Wildman–Crippen LogP) is 3.23. The fourth-order valence-electron chi connectivity index (χ4n) is 2.01. The van der Waals surface area contributed by atoms with Gasteiger partial charge in [0.1, 0.15) is 0 Å². The zero-order chi connectivity index (χ0) is 12.1. The summed E-state index contributed by atoms with van der Waals surface area (Å²) in [5.41, 5.74) is 3.41. The number of aryl methyl sites for hydroxylation is 2. The fourth-order valence-corrected chi connectivity index (χ4v) is 2.33. The van der Waals surface area contributed by atoms with Crippen LogP contribution in [0.2, 0.25) is 0 Å². The van der Waals surface area contributed by atoms with E-state index in [0.717, 1.165) is 31.7 Å². The summed E-state index contributed by atoms with van der Waals surface area (Å²) in [6.45, 7) is 7.86. The van der Waals surface area contributed by atoms with Crippen LogP contribution in [0.15, 0.2) is 0 Å². The van der Waals surface area contributed by atoms with Crippen LogP contribution in [-0.4, -0.2) is 23.5 Å². The Morgan fingerprint density at radius 1 is 1.38 bits per heavy atom. The Morgan fingerprint density at radius 2 is 2.06 bits per heavy atom. The van der Waals surface area contributed by atoms with Crippen molar-refractivity contribution < 1.29 is 4.74 Å². The maximum atomic E-state index is 6.14. The molecule has 1 unspecified atom stereocenters. The first kappa shape index (κ1) is 13.5. The lowest BCUT2D eigenvalue weighted by Gasteiger charge is -2.06. The number of alkyl halides is 1. The van der Waals surface area contributed by atoms with Crippen molar-refractivity contribution in [1.82, 2.24) is 9.78 Å². The zero-order valence-corrected chi connectivity index (χ0v) is 11.3. The number of halogens is 1. The number of hydrogen-bond donors (Lipinski definition) is 0. The van der Waals surface area contributed by atoms with Gasteiger partial charge in [-0.15, -0.1) is 11.6 Å². The van der Waals surface area contributed by atoms with E-state index in [1.54, 1.807) is 7.11 Å². The summed E-state index contributed by atoms with van der Waals surface area (Å²) in [7, 11) is 1.73. The molecule has 0 aliphatic carbocycles. The molecule has 0 amide bonds. The maximum Gasteiger partial charge on any atom is 0.0643 e. The summed E-state index contributed by atoms with van der Waals surface area (Å²) in [5, 5.41) is 4.56. The van der Waals surface area contributed by atoms with Gasteiger partial charge in [0.15, 0.2) is 0 Å². The number of rotatable bonds is 6. The highest BCUT2D eigenvalue weighted by molar-refractivity contribution is 6.20. The average Bonchev–Trinajstić information content (AvgIpc) is 2.49. The van der Waals surface area contributed by atoms with Crippen molar-refractivity contribution in [3.05, 3.63) is 17.0 Å². The van der Waals surface area contributed by atoms with Crippen molar-refractivity contribution in [2.24, 2.45) is 0 Å². The number of unbranched alkanes of at least 4 members (excludes halogenated alkanes) is 1.